The summed E-state index contributed by atoms with van der Waals surface area (Å²) in [5.74, 6) is 0. The van der Waals surface area contributed by atoms with Crippen LogP contribution in [0.15, 0.2) is 66.8 Å². The van der Waals surface area contributed by atoms with Crippen molar-refractivity contribution in [2.24, 2.45) is 0 Å². The molecule has 1 rings (SSSR count). The first kappa shape index (κ1) is 29.0. The highest BCUT2D eigenvalue weighted by Crippen LogP contribution is 2.19. The number of benzene rings is 1. The van der Waals surface area contributed by atoms with E-state index in [1.807, 2.05) is 32.9 Å². The molecule has 148 valence electrons. The molecule has 0 aromatic heterocycles. The molecule has 0 aliphatic heterocycles. The average molecular weight is 357 g/mol. The number of rotatable bonds is 5. The lowest BCUT2D eigenvalue weighted by molar-refractivity contribution is 0.910. The number of aryl methyl sites for hydroxylation is 1. The van der Waals surface area contributed by atoms with Crippen molar-refractivity contribution in [2.45, 2.75) is 81.6 Å². The van der Waals surface area contributed by atoms with Gasteiger partial charge in [-0.25, -0.2) is 0 Å². The van der Waals surface area contributed by atoms with E-state index in [4.69, 9.17) is 0 Å². The molecule has 0 aliphatic carbocycles. The predicted octanol–water partition coefficient (Wildman–Crippen LogP) is 9.34. The molecule has 1 aromatic carbocycles. The monoisotopic (exact) mass is 356 g/mol. The van der Waals surface area contributed by atoms with E-state index in [0.29, 0.717) is 0 Å². The van der Waals surface area contributed by atoms with Crippen LogP contribution in [0.3, 0.4) is 0 Å². The normalized spacial score (nSPS) is 10.2. The van der Waals surface area contributed by atoms with Crippen LogP contribution in [0.4, 0.5) is 0 Å². The van der Waals surface area contributed by atoms with E-state index in [1.54, 1.807) is 6.08 Å². The summed E-state index contributed by atoms with van der Waals surface area (Å²) in [4.78, 5) is 0. The molecular formula is C26H44. The van der Waals surface area contributed by atoms with Crippen molar-refractivity contribution in [3.63, 3.8) is 0 Å². The fourth-order valence-electron chi connectivity index (χ4n) is 1.88. The molecule has 0 atom stereocenters. The summed E-state index contributed by atoms with van der Waals surface area (Å²) in [6.07, 6.45) is 9.13. The van der Waals surface area contributed by atoms with Gasteiger partial charge in [-0.3, -0.25) is 0 Å². The van der Waals surface area contributed by atoms with Gasteiger partial charge in [0, 0.05) is 0 Å². The Morgan fingerprint density at radius 1 is 1.00 bits per heavy atom. The molecule has 0 fully saturated rings. The van der Waals surface area contributed by atoms with Crippen molar-refractivity contribution in [1.82, 2.24) is 0 Å². The molecule has 0 heteroatoms. The minimum absolute atomic E-state index is 1.14. The average Bonchev–Trinajstić information content (AvgIpc) is 2.64. The van der Waals surface area contributed by atoms with Gasteiger partial charge in [-0.1, -0.05) is 99.9 Å². The van der Waals surface area contributed by atoms with E-state index < -0.39 is 0 Å². The van der Waals surface area contributed by atoms with Gasteiger partial charge in [0.05, 0.1) is 0 Å². The van der Waals surface area contributed by atoms with E-state index in [0.717, 1.165) is 6.42 Å². The second kappa shape index (κ2) is 21.2. The molecular weight excluding hydrogens is 312 g/mol. The van der Waals surface area contributed by atoms with Crippen LogP contribution in [0.25, 0.3) is 5.57 Å². The third kappa shape index (κ3) is 18.5. The van der Waals surface area contributed by atoms with Crippen molar-refractivity contribution in [3.05, 3.63) is 77.9 Å². The molecule has 0 radical (unpaired) electrons. The molecule has 0 nitrogen and oxygen atoms in total. The third-order valence-electron chi connectivity index (χ3n) is 3.66. The minimum Gasteiger partial charge on any atom is -0.100 e. The highest BCUT2D eigenvalue weighted by Gasteiger charge is 1.97. The first-order chi connectivity index (χ1) is 12.3. The van der Waals surface area contributed by atoms with Crippen molar-refractivity contribution in [3.8, 4) is 0 Å². The fraction of sp³-hybridized carbons (Fsp3) is 0.462. The van der Waals surface area contributed by atoms with Crippen LogP contribution in [0, 0.1) is 6.92 Å². The van der Waals surface area contributed by atoms with Crippen LogP contribution in [-0.4, -0.2) is 0 Å². The van der Waals surface area contributed by atoms with Gasteiger partial charge in [0.15, 0.2) is 0 Å². The maximum atomic E-state index is 3.74. The quantitative estimate of drug-likeness (QED) is 0.364. The van der Waals surface area contributed by atoms with Gasteiger partial charge in [-0.2, -0.15) is 0 Å². The van der Waals surface area contributed by atoms with E-state index in [9.17, 15) is 0 Å². The summed E-state index contributed by atoms with van der Waals surface area (Å²) in [5, 5.41) is 0. The zero-order valence-corrected chi connectivity index (χ0v) is 19.1. The molecule has 0 spiro atoms. The molecule has 0 saturated carbocycles. The number of hydrogen-bond donors (Lipinski definition) is 0. The molecule has 0 heterocycles. The lowest BCUT2D eigenvalue weighted by Gasteiger charge is -2.06. The Bertz CT molecular complexity index is 509. The van der Waals surface area contributed by atoms with Gasteiger partial charge >= 0.3 is 0 Å². The Kier molecular flexibility index (Phi) is 23.6. The maximum absolute atomic E-state index is 3.74. The fourth-order valence-corrected chi connectivity index (χ4v) is 1.88. The van der Waals surface area contributed by atoms with Gasteiger partial charge in [0.2, 0.25) is 0 Å². The Morgan fingerprint density at radius 3 is 1.73 bits per heavy atom. The van der Waals surface area contributed by atoms with Crippen molar-refractivity contribution < 1.29 is 0 Å². The Balaban J connectivity index is -0.000000341. The van der Waals surface area contributed by atoms with E-state index >= 15 is 0 Å². The van der Waals surface area contributed by atoms with Crippen LogP contribution in [0.1, 0.15) is 85.8 Å². The van der Waals surface area contributed by atoms with Crippen LogP contribution in [0.2, 0.25) is 0 Å². The van der Waals surface area contributed by atoms with Gasteiger partial charge < -0.3 is 0 Å². The van der Waals surface area contributed by atoms with Crippen molar-refractivity contribution in [2.75, 3.05) is 0 Å². The molecule has 0 N–H and O–H groups in total. The minimum atomic E-state index is 1.14. The number of hydrogen-bond acceptors (Lipinski definition) is 0. The Morgan fingerprint density at radius 2 is 1.50 bits per heavy atom. The van der Waals surface area contributed by atoms with Crippen LogP contribution in [-0.2, 0) is 0 Å². The van der Waals surface area contributed by atoms with Crippen molar-refractivity contribution in [1.29, 1.82) is 0 Å². The second-order valence-electron chi connectivity index (χ2n) is 6.09. The highest BCUT2D eigenvalue weighted by atomic mass is 14.0. The molecule has 0 saturated heterocycles. The van der Waals surface area contributed by atoms with Gasteiger partial charge in [-0.05, 0) is 58.6 Å². The summed E-state index contributed by atoms with van der Waals surface area (Å²) < 4.78 is 0. The number of allylic oxidation sites excluding steroid dienone is 6. The standard InChI is InChI=1S/C13H18.C6H12.C5H8.C2H6/c1-5-11(3)12(4)13-8-6-10(2)7-9-13;1-4-5-6(2)3;1-3-5-4-2;1-2/h6-9H,5H2,1-4H3;2,4-5H2,1,3H3;3-5H,1H2,2H3;1-2H3/b12-11-;;5-4-;. The van der Waals surface area contributed by atoms with Crippen LogP contribution in [0.5, 0.6) is 0 Å². The molecule has 1 aromatic rings. The zero-order valence-electron chi connectivity index (χ0n) is 19.1. The predicted molar refractivity (Wildman–Crippen MR) is 126 cm³/mol. The SMILES string of the molecule is C=C(C)CCC.C=C/C=C\C.CC.CC/C(C)=C(/C)c1ccc(C)cc1. The molecule has 0 unspecified atom stereocenters. The zero-order chi connectivity index (χ0) is 21.0. The smallest absolute Gasteiger partial charge is 0.0228 e. The molecule has 0 aliphatic rings. The highest BCUT2D eigenvalue weighted by molar-refractivity contribution is 5.66. The van der Waals surface area contributed by atoms with Gasteiger partial charge in [0.25, 0.3) is 0 Å². The molecule has 26 heavy (non-hydrogen) atoms. The Labute approximate surface area is 165 Å². The second-order valence-corrected chi connectivity index (χ2v) is 6.09. The molecule has 0 bridgehead atoms. The summed E-state index contributed by atoms with van der Waals surface area (Å²) in [7, 11) is 0. The van der Waals surface area contributed by atoms with Gasteiger partial charge in [-0.15, -0.1) is 6.58 Å². The molecule has 0 amide bonds. The maximum Gasteiger partial charge on any atom is -0.0228 e. The topological polar surface area (TPSA) is 0 Å². The van der Waals surface area contributed by atoms with E-state index in [2.05, 4.69) is 79.0 Å². The van der Waals surface area contributed by atoms with Crippen LogP contribution >= 0.6 is 0 Å². The van der Waals surface area contributed by atoms with E-state index in [1.165, 1.54) is 40.7 Å². The summed E-state index contributed by atoms with van der Waals surface area (Å²) in [6.45, 7) is 26.1. The van der Waals surface area contributed by atoms with Crippen molar-refractivity contribution >= 4 is 5.57 Å². The van der Waals surface area contributed by atoms with Gasteiger partial charge in [0.1, 0.15) is 0 Å². The third-order valence-corrected chi connectivity index (χ3v) is 3.66. The Hall–Kier alpha value is -1.82. The lowest BCUT2D eigenvalue weighted by atomic mass is 10.0. The lowest BCUT2D eigenvalue weighted by Crippen LogP contribution is -1.84. The summed E-state index contributed by atoms with van der Waals surface area (Å²) in [6, 6.07) is 8.73. The van der Waals surface area contributed by atoms with E-state index in [-0.39, 0.29) is 0 Å². The van der Waals surface area contributed by atoms with Crippen LogP contribution < -0.4 is 0 Å². The summed E-state index contributed by atoms with van der Waals surface area (Å²) >= 11 is 0. The summed E-state index contributed by atoms with van der Waals surface area (Å²) in [5.41, 5.74) is 6.86. The first-order valence-corrected chi connectivity index (χ1v) is 9.95. The first-order valence-electron chi connectivity index (χ1n) is 9.95. The largest absolute Gasteiger partial charge is 0.100 e.